The molecule has 4 rings (SSSR count). The van der Waals surface area contributed by atoms with Crippen molar-refractivity contribution in [1.82, 2.24) is 14.8 Å². The first-order valence-corrected chi connectivity index (χ1v) is 9.48. The summed E-state index contributed by atoms with van der Waals surface area (Å²) in [7, 11) is 2.22. The van der Waals surface area contributed by atoms with E-state index in [0.717, 1.165) is 48.1 Å². The van der Waals surface area contributed by atoms with Crippen molar-refractivity contribution < 1.29 is 4.79 Å². The topological polar surface area (TPSA) is 36.4 Å². The monoisotopic (exact) mass is 337 g/mol. The number of benzene rings is 1. The summed E-state index contributed by atoms with van der Waals surface area (Å²) in [4.78, 5) is 22.6. The smallest absolute Gasteiger partial charge is 0.254 e. The van der Waals surface area contributed by atoms with Crippen LogP contribution in [0, 0.1) is 6.92 Å². The van der Waals surface area contributed by atoms with Gasteiger partial charge in [-0.25, -0.2) is 0 Å². The van der Waals surface area contributed by atoms with Crippen LogP contribution in [-0.2, 0) is 6.42 Å². The van der Waals surface area contributed by atoms with Crippen LogP contribution in [0.15, 0.2) is 24.3 Å². The lowest BCUT2D eigenvalue weighted by Crippen LogP contribution is -2.39. The Labute approximate surface area is 149 Å². The zero-order valence-corrected chi connectivity index (χ0v) is 15.5. The van der Waals surface area contributed by atoms with Gasteiger partial charge in [-0.2, -0.15) is 0 Å². The lowest BCUT2D eigenvalue weighted by Gasteiger charge is -2.26. The van der Waals surface area contributed by atoms with E-state index in [1.54, 1.807) is 0 Å². The molecule has 1 aromatic heterocycles. The maximum absolute atomic E-state index is 13.4. The molecule has 1 amide bonds. The average molecular weight is 337 g/mol. The highest BCUT2D eigenvalue weighted by atomic mass is 16.2. The number of pyridine rings is 1. The minimum absolute atomic E-state index is 0.171. The Hall–Kier alpha value is -1.94. The third kappa shape index (κ3) is 2.93. The lowest BCUT2D eigenvalue weighted by molar-refractivity contribution is 0.0742. The molecular formula is C21H27N3O. The van der Waals surface area contributed by atoms with Crippen molar-refractivity contribution >= 4 is 16.8 Å². The fourth-order valence-corrected chi connectivity index (χ4v) is 4.47. The quantitative estimate of drug-likeness (QED) is 0.842. The van der Waals surface area contributed by atoms with Crippen LogP contribution in [0.5, 0.6) is 0 Å². The van der Waals surface area contributed by atoms with Gasteiger partial charge in [0.2, 0.25) is 0 Å². The third-order valence-corrected chi connectivity index (χ3v) is 6.08. The number of likely N-dealkylation sites (tertiary alicyclic amines) is 1. The maximum atomic E-state index is 13.4. The largest absolute Gasteiger partial charge is 0.337 e. The Morgan fingerprint density at radius 1 is 1.20 bits per heavy atom. The molecule has 4 heteroatoms. The second-order valence-corrected chi connectivity index (χ2v) is 7.61. The predicted molar refractivity (Wildman–Crippen MR) is 101 cm³/mol. The number of fused-ring (bicyclic) bond motifs is 3. The SMILES string of the molecule is CCc1ccc2nc(C)cc(C(=O)N3CC[C@H]4CC[C@@H](C3)N4C)c2c1. The number of carbonyl (C=O) groups excluding carboxylic acids is 1. The summed E-state index contributed by atoms with van der Waals surface area (Å²) in [5.74, 6) is 0.171. The molecule has 2 atom stereocenters. The number of amides is 1. The molecule has 2 aliphatic heterocycles. The number of carbonyl (C=O) groups is 1. The van der Waals surface area contributed by atoms with E-state index < -0.39 is 0 Å². The van der Waals surface area contributed by atoms with Crippen LogP contribution in [0.2, 0.25) is 0 Å². The van der Waals surface area contributed by atoms with Crippen LogP contribution in [0.25, 0.3) is 10.9 Å². The Bertz CT molecular complexity index is 816. The average Bonchev–Trinajstić information content (AvgIpc) is 2.85. The van der Waals surface area contributed by atoms with E-state index in [9.17, 15) is 4.79 Å². The van der Waals surface area contributed by atoms with Crippen LogP contribution in [0.3, 0.4) is 0 Å². The van der Waals surface area contributed by atoms with Gasteiger partial charge in [-0.15, -0.1) is 0 Å². The van der Waals surface area contributed by atoms with E-state index in [2.05, 4.69) is 47.0 Å². The van der Waals surface area contributed by atoms with Crippen LogP contribution in [0.1, 0.15) is 47.8 Å². The molecule has 2 fully saturated rings. The summed E-state index contributed by atoms with van der Waals surface area (Å²) in [5, 5.41) is 0.998. The highest BCUT2D eigenvalue weighted by molar-refractivity contribution is 6.06. The summed E-state index contributed by atoms with van der Waals surface area (Å²) in [6.07, 6.45) is 4.54. The van der Waals surface area contributed by atoms with Gasteiger partial charge in [-0.3, -0.25) is 14.7 Å². The minimum atomic E-state index is 0.171. The lowest BCUT2D eigenvalue weighted by atomic mass is 10.0. The molecule has 1 aromatic carbocycles. The fraction of sp³-hybridized carbons (Fsp3) is 0.524. The maximum Gasteiger partial charge on any atom is 0.254 e. The first kappa shape index (κ1) is 16.5. The van der Waals surface area contributed by atoms with Gasteiger partial charge in [-0.1, -0.05) is 13.0 Å². The Balaban J connectivity index is 1.72. The minimum Gasteiger partial charge on any atom is -0.337 e. The van der Waals surface area contributed by atoms with E-state index in [-0.39, 0.29) is 5.91 Å². The van der Waals surface area contributed by atoms with E-state index in [0.29, 0.717) is 12.1 Å². The molecule has 0 unspecified atom stereocenters. The van der Waals surface area contributed by atoms with Crippen LogP contribution in [-0.4, -0.2) is 52.9 Å². The van der Waals surface area contributed by atoms with Gasteiger partial charge in [0.15, 0.2) is 0 Å². The van der Waals surface area contributed by atoms with Crippen molar-refractivity contribution in [3.05, 3.63) is 41.1 Å². The van der Waals surface area contributed by atoms with Crippen molar-refractivity contribution in [2.45, 2.75) is 51.6 Å². The zero-order chi connectivity index (χ0) is 17.6. The first-order chi connectivity index (χ1) is 12.1. The molecular weight excluding hydrogens is 310 g/mol. The van der Waals surface area contributed by atoms with Gasteiger partial charge in [-0.05, 0) is 63.4 Å². The highest BCUT2D eigenvalue weighted by Gasteiger charge is 2.36. The standard InChI is InChI=1S/C21H27N3O/c1-4-15-5-8-20-18(12-15)19(11-14(2)22-20)21(25)24-10-9-16-6-7-17(13-24)23(16)3/h5,8,11-12,16-17H,4,6-7,9-10,13H2,1-3H3/t16-,17+/m1/s1. The second kappa shape index (κ2) is 6.41. The molecule has 4 nitrogen and oxygen atoms in total. The second-order valence-electron chi connectivity index (χ2n) is 7.61. The predicted octanol–water partition coefficient (Wildman–Crippen LogP) is 3.41. The molecule has 0 radical (unpaired) electrons. The summed E-state index contributed by atoms with van der Waals surface area (Å²) >= 11 is 0. The molecule has 0 spiro atoms. The number of likely N-dealkylation sites (N-methyl/N-ethyl adjacent to an activating group) is 1. The van der Waals surface area contributed by atoms with Crippen LogP contribution >= 0.6 is 0 Å². The molecule has 0 N–H and O–H groups in total. The van der Waals surface area contributed by atoms with Crippen LogP contribution < -0.4 is 0 Å². The highest BCUT2D eigenvalue weighted by Crippen LogP contribution is 2.30. The van der Waals surface area contributed by atoms with Crippen LogP contribution in [0.4, 0.5) is 0 Å². The van der Waals surface area contributed by atoms with Crippen molar-refractivity contribution in [1.29, 1.82) is 0 Å². The molecule has 2 bridgehead atoms. The number of hydrogen-bond acceptors (Lipinski definition) is 3. The molecule has 3 heterocycles. The zero-order valence-electron chi connectivity index (χ0n) is 15.5. The van der Waals surface area contributed by atoms with Gasteiger partial charge in [0.05, 0.1) is 11.1 Å². The molecule has 2 saturated heterocycles. The first-order valence-electron chi connectivity index (χ1n) is 9.48. The normalized spacial score (nSPS) is 23.9. The number of hydrogen-bond donors (Lipinski definition) is 0. The number of aromatic nitrogens is 1. The van der Waals surface area contributed by atoms with E-state index >= 15 is 0 Å². The van der Waals surface area contributed by atoms with E-state index in [4.69, 9.17) is 0 Å². The summed E-state index contributed by atoms with van der Waals surface area (Å²) in [6, 6.07) is 9.43. The van der Waals surface area contributed by atoms with Crippen molar-refractivity contribution in [2.75, 3.05) is 20.1 Å². The Kier molecular flexibility index (Phi) is 4.24. The fourth-order valence-electron chi connectivity index (χ4n) is 4.47. The number of aryl methyl sites for hydroxylation is 2. The van der Waals surface area contributed by atoms with Gasteiger partial charge in [0.25, 0.3) is 5.91 Å². The third-order valence-electron chi connectivity index (χ3n) is 6.08. The van der Waals surface area contributed by atoms with Gasteiger partial charge in [0, 0.05) is 36.3 Å². The Morgan fingerprint density at radius 3 is 2.80 bits per heavy atom. The van der Waals surface area contributed by atoms with Crippen molar-refractivity contribution in [2.24, 2.45) is 0 Å². The summed E-state index contributed by atoms with van der Waals surface area (Å²) in [5.41, 5.74) is 3.91. The van der Waals surface area contributed by atoms with E-state index in [1.165, 1.54) is 18.4 Å². The van der Waals surface area contributed by atoms with Crippen molar-refractivity contribution in [3.63, 3.8) is 0 Å². The van der Waals surface area contributed by atoms with Crippen molar-refractivity contribution in [3.8, 4) is 0 Å². The van der Waals surface area contributed by atoms with E-state index in [1.807, 2.05) is 13.0 Å². The molecule has 2 aliphatic rings. The van der Waals surface area contributed by atoms with Gasteiger partial charge < -0.3 is 4.90 Å². The number of nitrogens with zero attached hydrogens (tertiary/aromatic N) is 3. The van der Waals surface area contributed by atoms with Gasteiger partial charge in [0.1, 0.15) is 0 Å². The summed E-state index contributed by atoms with van der Waals surface area (Å²) in [6.45, 7) is 5.83. The molecule has 0 saturated carbocycles. The van der Waals surface area contributed by atoms with Gasteiger partial charge >= 0.3 is 0 Å². The number of rotatable bonds is 2. The molecule has 132 valence electrons. The molecule has 25 heavy (non-hydrogen) atoms. The Morgan fingerprint density at radius 2 is 2.00 bits per heavy atom. The molecule has 2 aromatic rings. The summed E-state index contributed by atoms with van der Waals surface area (Å²) < 4.78 is 0. The molecule has 0 aliphatic carbocycles.